The summed E-state index contributed by atoms with van der Waals surface area (Å²) in [6.07, 6.45) is 13.7. The molecule has 6 aliphatic rings. The van der Waals surface area contributed by atoms with E-state index >= 15 is 0 Å². The van der Waals surface area contributed by atoms with E-state index < -0.39 is 10.0 Å². The van der Waals surface area contributed by atoms with Crippen LogP contribution in [0.1, 0.15) is 98.8 Å². The van der Waals surface area contributed by atoms with E-state index in [0.29, 0.717) is 29.4 Å². The lowest BCUT2D eigenvalue weighted by Crippen LogP contribution is -2.51. The molecule has 2 heterocycles. The minimum atomic E-state index is -3.13. The summed E-state index contributed by atoms with van der Waals surface area (Å²) >= 11 is 0. The number of fused-ring (bicyclic) bond motifs is 6. The molecule has 0 aromatic carbocycles. The molecular weight excluding hydrogens is 480 g/mol. The number of piperidine rings is 1. The maximum absolute atomic E-state index is 11.9. The van der Waals surface area contributed by atoms with Gasteiger partial charge in [-0.2, -0.15) is 0 Å². The van der Waals surface area contributed by atoms with Crippen LogP contribution in [-0.2, 0) is 14.8 Å². The fourth-order valence-corrected chi connectivity index (χ4v) is 11.8. The van der Waals surface area contributed by atoms with Gasteiger partial charge in [-0.3, -0.25) is 4.90 Å². The molecular formula is C31H52N2O3S. The van der Waals surface area contributed by atoms with Crippen LogP contribution in [0.2, 0.25) is 0 Å². The number of ether oxygens (including phenoxy) is 1. The summed E-state index contributed by atoms with van der Waals surface area (Å²) in [5, 5.41) is 0. The molecule has 2 unspecified atom stereocenters. The fraction of sp³-hybridized carbons (Fsp3) is 0.935. The highest BCUT2D eigenvalue weighted by Crippen LogP contribution is 2.65. The fourth-order valence-electron chi connectivity index (χ4n) is 11.0. The van der Waals surface area contributed by atoms with Crippen molar-refractivity contribution in [2.45, 2.75) is 123 Å². The first-order chi connectivity index (χ1) is 17.4. The number of rotatable bonds is 3. The summed E-state index contributed by atoms with van der Waals surface area (Å²) in [6, 6.07) is 0.724. The molecule has 5 fully saturated rings. The zero-order valence-corrected chi connectivity index (χ0v) is 25.1. The predicted octanol–water partition coefficient (Wildman–Crippen LogP) is 5.76. The molecule has 0 amide bonds. The van der Waals surface area contributed by atoms with Crippen LogP contribution in [0.5, 0.6) is 0 Å². The Hall–Kier alpha value is -0.430. The van der Waals surface area contributed by atoms with Crippen LogP contribution in [-0.4, -0.2) is 56.5 Å². The van der Waals surface area contributed by atoms with Crippen LogP contribution in [0.3, 0.4) is 0 Å². The van der Waals surface area contributed by atoms with Crippen molar-refractivity contribution < 1.29 is 13.2 Å². The highest BCUT2D eigenvalue weighted by Gasteiger charge is 2.60. The van der Waals surface area contributed by atoms with Crippen molar-refractivity contribution in [3.63, 3.8) is 0 Å². The average molecular weight is 533 g/mol. The number of sulfonamides is 1. The van der Waals surface area contributed by atoms with Crippen LogP contribution >= 0.6 is 0 Å². The molecule has 2 aliphatic heterocycles. The summed E-state index contributed by atoms with van der Waals surface area (Å²) in [5.74, 6) is 4.31. The Morgan fingerprint density at radius 2 is 1.89 bits per heavy atom. The van der Waals surface area contributed by atoms with Crippen molar-refractivity contribution in [3.8, 4) is 0 Å². The smallest absolute Gasteiger partial charge is 0.208 e. The van der Waals surface area contributed by atoms with Crippen LogP contribution in [0.15, 0.2) is 11.1 Å². The molecule has 6 rings (SSSR count). The third-order valence-corrected chi connectivity index (χ3v) is 13.4. The van der Waals surface area contributed by atoms with E-state index in [1.54, 1.807) is 11.1 Å². The quantitative estimate of drug-likeness (QED) is 0.470. The van der Waals surface area contributed by atoms with Gasteiger partial charge in [-0.05, 0) is 113 Å². The van der Waals surface area contributed by atoms with Gasteiger partial charge in [0.25, 0.3) is 0 Å². The van der Waals surface area contributed by atoms with Gasteiger partial charge in [0.15, 0.2) is 0 Å². The van der Waals surface area contributed by atoms with E-state index in [4.69, 9.17) is 4.74 Å². The Morgan fingerprint density at radius 3 is 2.62 bits per heavy atom. The topological polar surface area (TPSA) is 58.6 Å². The van der Waals surface area contributed by atoms with Crippen molar-refractivity contribution in [2.24, 2.45) is 40.9 Å². The minimum Gasteiger partial charge on any atom is -0.369 e. The summed E-state index contributed by atoms with van der Waals surface area (Å²) in [7, 11) is -3.13. The van der Waals surface area contributed by atoms with E-state index in [9.17, 15) is 8.42 Å². The Bertz CT molecular complexity index is 1040. The van der Waals surface area contributed by atoms with Gasteiger partial charge in [0, 0.05) is 24.5 Å². The van der Waals surface area contributed by atoms with Gasteiger partial charge in [-0.25, -0.2) is 13.1 Å². The maximum atomic E-state index is 11.9. The average Bonchev–Trinajstić information content (AvgIpc) is 3.28. The molecule has 0 radical (unpaired) electrons. The van der Waals surface area contributed by atoms with E-state index in [1.807, 2.05) is 0 Å². The molecule has 0 aromatic rings. The van der Waals surface area contributed by atoms with Gasteiger partial charge >= 0.3 is 0 Å². The van der Waals surface area contributed by atoms with Crippen molar-refractivity contribution >= 4 is 10.0 Å². The lowest BCUT2D eigenvalue weighted by molar-refractivity contribution is -0.0807. The maximum Gasteiger partial charge on any atom is 0.208 e. The number of likely N-dealkylation sites (tertiary alicyclic amines) is 1. The molecule has 37 heavy (non-hydrogen) atoms. The molecule has 210 valence electrons. The van der Waals surface area contributed by atoms with Crippen LogP contribution in [0.4, 0.5) is 0 Å². The Balaban J connectivity index is 1.23. The molecule has 3 saturated carbocycles. The van der Waals surface area contributed by atoms with E-state index in [2.05, 4.69) is 44.2 Å². The highest BCUT2D eigenvalue weighted by atomic mass is 32.2. The van der Waals surface area contributed by atoms with E-state index in [-0.39, 0.29) is 11.6 Å². The second kappa shape index (κ2) is 9.31. The summed E-state index contributed by atoms with van der Waals surface area (Å²) in [5.41, 5.74) is 3.85. The standard InChI is InChI=1S/C31H52N2O3S/c1-7-33-18-19(2)14-28-29(33)21(4)31(36-28)13-11-24-25-9-8-22-15-23(32-37(6,34)35)10-12-30(22,5)27(25)16-26(24)20(3)17-31/h19,21-25,27-29,32H,7-18H2,1-6H3/t19-,21+,22+,23+,24?,25-,27?,28+,29-,30-,31-/m0/s1. The van der Waals surface area contributed by atoms with Crippen molar-refractivity contribution in [1.29, 1.82) is 0 Å². The van der Waals surface area contributed by atoms with Gasteiger partial charge < -0.3 is 4.74 Å². The first kappa shape index (κ1) is 26.8. The molecule has 1 spiro atoms. The number of likely N-dealkylation sites (N-methyl/N-ethyl adjacent to an activating group) is 1. The van der Waals surface area contributed by atoms with Gasteiger partial charge in [0.1, 0.15) is 0 Å². The molecule has 5 nitrogen and oxygen atoms in total. The van der Waals surface area contributed by atoms with Crippen molar-refractivity contribution in [2.75, 3.05) is 19.3 Å². The Kier molecular flexibility index (Phi) is 6.74. The van der Waals surface area contributed by atoms with E-state index in [0.717, 1.165) is 49.5 Å². The molecule has 4 aliphatic carbocycles. The van der Waals surface area contributed by atoms with Gasteiger partial charge in [0.2, 0.25) is 10.0 Å². The first-order valence-corrected chi connectivity index (χ1v) is 17.4. The first-order valence-electron chi connectivity index (χ1n) is 15.5. The van der Waals surface area contributed by atoms with Gasteiger partial charge in [-0.15, -0.1) is 0 Å². The Morgan fingerprint density at radius 1 is 1.11 bits per heavy atom. The van der Waals surface area contributed by atoms with Crippen LogP contribution < -0.4 is 4.72 Å². The molecule has 1 N–H and O–H groups in total. The molecule has 0 bridgehead atoms. The third-order valence-electron chi connectivity index (χ3n) is 12.6. The number of nitrogens with zero attached hydrogens (tertiary/aromatic N) is 1. The number of allylic oxidation sites excluding steroid dienone is 1. The normalized spacial score (nSPS) is 50.4. The number of nitrogens with one attached hydrogen (secondary N) is 1. The monoisotopic (exact) mass is 532 g/mol. The summed E-state index contributed by atoms with van der Waals surface area (Å²) in [4.78, 5) is 2.74. The van der Waals surface area contributed by atoms with Gasteiger partial charge in [-0.1, -0.05) is 38.8 Å². The SMILES string of the molecule is CCN1C[C@@H](C)C[C@H]2O[C@]3(CCC4C(=C(C)C3)CC3[C@H]4CC[C@@H]4C[C@H](NS(C)(=O)=O)CC[C@]34C)[C@H](C)[C@@H]21. The van der Waals surface area contributed by atoms with Crippen molar-refractivity contribution in [3.05, 3.63) is 11.1 Å². The highest BCUT2D eigenvalue weighted by molar-refractivity contribution is 7.88. The molecule has 2 saturated heterocycles. The molecule has 11 atom stereocenters. The molecule has 6 heteroatoms. The zero-order valence-electron chi connectivity index (χ0n) is 24.3. The van der Waals surface area contributed by atoms with Gasteiger partial charge in [0.05, 0.1) is 18.0 Å². The third kappa shape index (κ3) is 4.39. The predicted molar refractivity (Wildman–Crippen MR) is 150 cm³/mol. The minimum absolute atomic E-state index is 0.0280. The lowest BCUT2D eigenvalue weighted by Gasteiger charge is -2.54. The Labute approximate surface area is 226 Å². The largest absolute Gasteiger partial charge is 0.369 e. The second-order valence-electron chi connectivity index (χ2n) is 14.7. The zero-order chi connectivity index (χ0) is 26.3. The number of hydrogen-bond acceptors (Lipinski definition) is 4. The van der Waals surface area contributed by atoms with Crippen LogP contribution in [0, 0.1) is 40.9 Å². The summed E-state index contributed by atoms with van der Waals surface area (Å²) < 4.78 is 33.9. The lowest BCUT2D eigenvalue weighted by atomic mass is 9.52. The second-order valence-corrected chi connectivity index (χ2v) is 16.5. The van der Waals surface area contributed by atoms with Crippen LogP contribution in [0.25, 0.3) is 0 Å². The van der Waals surface area contributed by atoms with Crippen molar-refractivity contribution in [1.82, 2.24) is 9.62 Å². The van der Waals surface area contributed by atoms with E-state index in [1.165, 1.54) is 57.7 Å². The molecule has 0 aromatic heterocycles. The summed E-state index contributed by atoms with van der Waals surface area (Å²) in [6.45, 7) is 14.7. The number of hydrogen-bond donors (Lipinski definition) is 1.